The second-order valence-corrected chi connectivity index (χ2v) is 12.3. The Kier molecular flexibility index (Phi) is 5.80. The fraction of sp³-hybridized carbons (Fsp3) is 0.185. The molecule has 0 unspecified atom stereocenters. The number of hydrogen-bond acceptors (Lipinski definition) is 6. The third-order valence-corrected chi connectivity index (χ3v) is 9.39. The maximum atomic E-state index is 11.4. The average Bonchev–Trinajstić information content (AvgIpc) is 3.57. The molecule has 0 saturated heterocycles. The van der Waals surface area contributed by atoms with Crippen LogP contribution in [0.4, 0.5) is 0 Å². The van der Waals surface area contributed by atoms with Crippen LogP contribution in [0.3, 0.4) is 0 Å². The van der Waals surface area contributed by atoms with Gasteiger partial charge < -0.3 is 15.0 Å². The van der Waals surface area contributed by atoms with Gasteiger partial charge in [-0.2, -0.15) is 5.26 Å². The van der Waals surface area contributed by atoms with E-state index in [0.717, 1.165) is 20.4 Å². The number of amides is 1. The molecule has 176 valence electrons. The molecule has 5 rings (SSSR count). The van der Waals surface area contributed by atoms with Crippen LogP contribution in [0.1, 0.15) is 25.6 Å². The van der Waals surface area contributed by atoms with Crippen molar-refractivity contribution in [2.75, 3.05) is 7.11 Å². The Morgan fingerprint density at radius 2 is 1.60 bits per heavy atom. The van der Waals surface area contributed by atoms with Crippen molar-refractivity contribution in [3.63, 3.8) is 0 Å². The highest BCUT2D eigenvalue weighted by atomic mass is 32.1. The van der Waals surface area contributed by atoms with E-state index in [4.69, 9.17) is 15.7 Å². The van der Waals surface area contributed by atoms with Crippen LogP contribution < -0.4 is 10.5 Å². The molecule has 4 heterocycles. The molecular weight excluding hydrogens is 495 g/mol. The fourth-order valence-corrected chi connectivity index (χ4v) is 7.63. The van der Waals surface area contributed by atoms with Crippen molar-refractivity contribution in [1.82, 2.24) is 4.57 Å². The van der Waals surface area contributed by atoms with Gasteiger partial charge in [0.15, 0.2) is 0 Å². The smallest absolute Gasteiger partial charge is 0.259 e. The van der Waals surface area contributed by atoms with Crippen LogP contribution in [0.2, 0.25) is 0 Å². The number of aromatic nitrogens is 1. The highest BCUT2D eigenvalue weighted by molar-refractivity contribution is 7.31. The van der Waals surface area contributed by atoms with Crippen molar-refractivity contribution in [3.05, 3.63) is 59.0 Å². The Bertz CT molecular complexity index is 1650. The summed E-state index contributed by atoms with van der Waals surface area (Å²) in [5.41, 5.74) is 8.80. The van der Waals surface area contributed by atoms with Gasteiger partial charge in [-0.1, -0.05) is 0 Å². The van der Waals surface area contributed by atoms with Crippen molar-refractivity contribution >= 4 is 66.4 Å². The lowest BCUT2D eigenvalue weighted by molar-refractivity contribution is -0.114. The molecule has 0 radical (unpaired) electrons. The van der Waals surface area contributed by atoms with Crippen LogP contribution in [0.25, 0.3) is 46.7 Å². The largest absolute Gasteiger partial charge is 0.497 e. The first kappa shape index (κ1) is 23.4. The molecule has 2 N–H and O–H groups in total. The van der Waals surface area contributed by atoms with E-state index in [2.05, 4.69) is 49.6 Å². The molecule has 0 atom stereocenters. The summed E-state index contributed by atoms with van der Waals surface area (Å²) < 4.78 is 10.3. The molecule has 35 heavy (non-hydrogen) atoms. The number of methoxy groups -OCH3 is 1. The summed E-state index contributed by atoms with van der Waals surface area (Å²) in [6, 6.07) is 18.6. The van der Waals surface area contributed by atoms with Gasteiger partial charge in [0.05, 0.1) is 27.5 Å². The topological polar surface area (TPSA) is 81.0 Å². The standard InChI is InChI=1S/C27H23N3O2S3/c1-27(2,3)30-19-12-22(15-5-7-17(32-4)8-6-15)34-24(19)25-20(30)13-23(35-25)21-10-9-18(33-21)11-16(14-28)26(29)31/h5-13H,1-4H3,(H2,29,31)/b16-11+. The monoisotopic (exact) mass is 517 g/mol. The van der Waals surface area contributed by atoms with Gasteiger partial charge in [-0.3, -0.25) is 4.79 Å². The minimum Gasteiger partial charge on any atom is -0.497 e. The van der Waals surface area contributed by atoms with Gasteiger partial charge >= 0.3 is 0 Å². The van der Waals surface area contributed by atoms with E-state index >= 15 is 0 Å². The molecule has 5 nitrogen and oxygen atoms in total. The van der Waals surface area contributed by atoms with Crippen molar-refractivity contribution in [2.24, 2.45) is 5.73 Å². The number of rotatable bonds is 5. The summed E-state index contributed by atoms with van der Waals surface area (Å²) in [4.78, 5) is 15.7. The Hall–Kier alpha value is -3.38. The lowest BCUT2D eigenvalue weighted by Gasteiger charge is -2.23. The molecule has 8 heteroatoms. The van der Waals surface area contributed by atoms with Gasteiger partial charge in [0.1, 0.15) is 17.4 Å². The van der Waals surface area contributed by atoms with Crippen LogP contribution >= 0.6 is 34.0 Å². The van der Waals surface area contributed by atoms with Gasteiger partial charge in [-0.15, -0.1) is 34.0 Å². The molecular formula is C27H23N3O2S3. The van der Waals surface area contributed by atoms with Gasteiger partial charge in [-0.05, 0) is 80.9 Å². The lowest BCUT2D eigenvalue weighted by atomic mass is 10.1. The number of benzene rings is 1. The Morgan fingerprint density at radius 3 is 2.17 bits per heavy atom. The fourth-order valence-electron chi connectivity index (χ4n) is 4.16. The first-order valence-electron chi connectivity index (χ1n) is 10.9. The Labute approximate surface area is 215 Å². The third kappa shape index (κ3) is 4.16. The maximum absolute atomic E-state index is 11.4. The second kappa shape index (κ2) is 8.68. The number of hydrogen-bond donors (Lipinski definition) is 1. The first-order chi connectivity index (χ1) is 16.7. The number of nitrogens with zero attached hydrogens (tertiary/aromatic N) is 2. The second-order valence-electron chi connectivity index (χ2n) is 9.12. The summed E-state index contributed by atoms with van der Waals surface area (Å²) >= 11 is 5.14. The number of carbonyl (C=O) groups excluding carboxylic acids is 1. The normalized spacial score (nSPS) is 12.4. The summed E-state index contributed by atoms with van der Waals surface area (Å²) in [6.45, 7) is 6.69. The SMILES string of the molecule is COc1ccc(-c2cc3c(s2)c2sc(-c4ccc(/C=C(\C#N)C(N)=O)s4)cc2n3C(C)(C)C)cc1. The molecule has 1 aromatic carbocycles. The number of ether oxygens (including phenoxy) is 1. The van der Waals surface area contributed by atoms with Gasteiger partial charge in [0.25, 0.3) is 5.91 Å². The van der Waals surface area contributed by atoms with E-state index in [1.807, 2.05) is 41.7 Å². The molecule has 0 aliphatic rings. The van der Waals surface area contributed by atoms with E-state index in [9.17, 15) is 4.79 Å². The minimum atomic E-state index is -0.712. The number of carbonyl (C=O) groups is 1. The van der Waals surface area contributed by atoms with Crippen LogP contribution in [0.15, 0.2) is 54.1 Å². The molecule has 0 aliphatic heterocycles. The highest BCUT2D eigenvalue weighted by Crippen LogP contribution is 2.48. The highest BCUT2D eigenvalue weighted by Gasteiger charge is 2.25. The van der Waals surface area contributed by atoms with E-state index in [-0.39, 0.29) is 11.1 Å². The number of primary amides is 1. The molecule has 0 spiro atoms. The third-order valence-electron chi connectivity index (χ3n) is 5.70. The average molecular weight is 518 g/mol. The van der Waals surface area contributed by atoms with Gasteiger partial charge in [-0.25, -0.2) is 0 Å². The van der Waals surface area contributed by atoms with Gasteiger partial charge in [0.2, 0.25) is 0 Å². The van der Waals surface area contributed by atoms with Crippen LogP contribution in [0, 0.1) is 11.3 Å². The quantitative estimate of drug-likeness (QED) is 0.194. The Morgan fingerprint density at radius 1 is 0.971 bits per heavy atom. The van der Waals surface area contributed by atoms with E-state index < -0.39 is 5.91 Å². The van der Waals surface area contributed by atoms with Crippen molar-refractivity contribution in [1.29, 1.82) is 5.26 Å². The van der Waals surface area contributed by atoms with Crippen LogP contribution in [-0.4, -0.2) is 17.6 Å². The maximum Gasteiger partial charge on any atom is 0.259 e. The number of fused-ring (bicyclic) bond motifs is 3. The van der Waals surface area contributed by atoms with Gasteiger partial charge in [0, 0.05) is 25.0 Å². The zero-order chi connectivity index (χ0) is 24.9. The van der Waals surface area contributed by atoms with E-state index in [1.165, 1.54) is 30.9 Å². The summed E-state index contributed by atoms with van der Waals surface area (Å²) in [5.74, 6) is 0.137. The van der Waals surface area contributed by atoms with E-state index in [0.29, 0.717) is 0 Å². The Balaban J connectivity index is 1.63. The molecule has 0 aliphatic carbocycles. The van der Waals surface area contributed by atoms with Crippen molar-refractivity contribution in [2.45, 2.75) is 26.3 Å². The zero-order valence-electron chi connectivity index (χ0n) is 19.7. The van der Waals surface area contributed by atoms with Crippen molar-refractivity contribution in [3.8, 4) is 32.0 Å². The summed E-state index contributed by atoms with van der Waals surface area (Å²) in [6.07, 6.45) is 1.55. The predicted octanol–water partition coefficient (Wildman–Crippen LogP) is 7.47. The first-order valence-corrected chi connectivity index (χ1v) is 13.4. The summed E-state index contributed by atoms with van der Waals surface area (Å²) in [5, 5.41) is 9.15. The molecule has 4 aromatic heterocycles. The molecule has 1 amide bonds. The number of nitrogens with two attached hydrogens (primary N) is 1. The predicted molar refractivity (Wildman–Crippen MR) is 148 cm³/mol. The van der Waals surface area contributed by atoms with E-state index in [1.54, 1.807) is 35.9 Å². The van der Waals surface area contributed by atoms with Crippen LogP contribution in [-0.2, 0) is 10.3 Å². The lowest BCUT2D eigenvalue weighted by Crippen LogP contribution is -2.20. The number of nitriles is 1. The minimum absolute atomic E-state index is 0.0414. The molecule has 0 saturated carbocycles. The molecule has 0 bridgehead atoms. The zero-order valence-corrected chi connectivity index (χ0v) is 22.2. The van der Waals surface area contributed by atoms with Crippen LogP contribution in [0.5, 0.6) is 5.75 Å². The molecule has 0 fully saturated rings. The number of thiophene rings is 3. The summed E-state index contributed by atoms with van der Waals surface area (Å²) in [7, 11) is 1.68. The van der Waals surface area contributed by atoms with Crippen molar-refractivity contribution < 1.29 is 9.53 Å². The molecule has 5 aromatic rings.